The Morgan fingerprint density at radius 3 is 3.04 bits per heavy atom. The largest absolute Gasteiger partial charge is 0.330 e. The lowest BCUT2D eigenvalue weighted by molar-refractivity contribution is 0.416. The molecule has 1 aromatic carbocycles. The van der Waals surface area contributed by atoms with E-state index in [4.69, 9.17) is 16.1 Å². The first kappa shape index (κ1) is 14.3. The number of hydrogen-bond donors (Lipinski definition) is 0. The zero-order chi connectivity index (χ0) is 15.8. The van der Waals surface area contributed by atoms with Gasteiger partial charge >= 0.3 is 0 Å². The average molecular weight is 334 g/mol. The van der Waals surface area contributed by atoms with E-state index in [-0.39, 0.29) is 12.2 Å². The van der Waals surface area contributed by atoms with E-state index in [0.29, 0.717) is 28.1 Å². The highest BCUT2D eigenvalue weighted by molar-refractivity contribution is 6.31. The molecule has 3 aromatic rings. The maximum Gasteiger partial charge on any atom is 0.295 e. The summed E-state index contributed by atoms with van der Waals surface area (Å²) in [6.07, 6.45) is 3.25. The molecule has 2 aromatic heterocycles. The van der Waals surface area contributed by atoms with Crippen LogP contribution in [-0.4, -0.2) is 24.9 Å². The lowest BCUT2D eigenvalue weighted by Crippen LogP contribution is -2.11. The minimum atomic E-state index is -0.385. The van der Waals surface area contributed by atoms with Crippen LogP contribution in [0.3, 0.4) is 0 Å². The van der Waals surface area contributed by atoms with E-state index in [1.807, 2.05) is 4.57 Å². The van der Waals surface area contributed by atoms with Gasteiger partial charge in [0.05, 0.1) is 0 Å². The van der Waals surface area contributed by atoms with Crippen LogP contribution < -0.4 is 0 Å². The molecule has 0 radical (unpaired) electrons. The third-order valence-electron chi connectivity index (χ3n) is 3.92. The number of fused-ring (bicyclic) bond motifs is 1. The van der Waals surface area contributed by atoms with Gasteiger partial charge in [-0.3, -0.25) is 0 Å². The summed E-state index contributed by atoms with van der Waals surface area (Å²) >= 11 is 6.03. The molecule has 0 unspecified atom stereocenters. The van der Waals surface area contributed by atoms with Crippen LogP contribution >= 0.6 is 11.6 Å². The van der Waals surface area contributed by atoms with Crippen LogP contribution in [0.5, 0.6) is 0 Å². The molecule has 0 aliphatic carbocycles. The summed E-state index contributed by atoms with van der Waals surface area (Å²) < 4.78 is 21.1. The van der Waals surface area contributed by atoms with E-state index in [0.717, 1.165) is 31.6 Å². The number of aromatic nitrogens is 5. The van der Waals surface area contributed by atoms with E-state index >= 15 is 0 Å². The van der Waals surface area contributed by atoms with Crippen LogP contribution in [-0.2, 0) is 19.4 Å². The van der Waals surface area contributed by atoms with Crippen molar-refractivity contribution in [3.05, 3.63) is 46.3 Å². The van der Waals surface area contributed by atoms with Gasteiger partial charge in [0.2, 0.25) is 5.82 Å². The summed E-state index contributed by atoms with van der Waals surface area (Å²) in [7, 11) is 0. The summed E-state index contributed by atoms with van der Waals surface area (Å²) in [5.74, 6) is 1.78. The topological polar surface area (TPSA) is 69.6 Å². The maximum atomic E-state index is 13.8. The molecule has 6 nitrogen and oxygen atoms in total. The number of rotatable bonds is 3. The summed E-state index contributed by atoms with van der Waals surface area (Å²) in [5, 5.41) is 12.5. The fourth-order valence-corrected chi connectivity index (χ4v) is 2.97. The molecule has 4 rings (SSSR count). The standard InChI is InChI=1S/C15H13ClFN5O/c16-10-4-3-5-11(17)9(10)8-12-18-15(23-21-12)14-20-19-13-6-1-2-7-22(13)14/h3-5H,1-2,6-8H2. The Hall–Kier alpha value is -2.28. The minimum Gasteiger partial charge on any atom is -0.330 e. The molecule has 23 heavy (non-hydrogen) atoms. The molecule has 0 N–H and O–H groups in total. The van der Waals surface area contributed by atoms with Crippen molar-refractivity contribution in [2.45, 2.75) is 32.2 Å². The van der Waals surface area contributed by atoms with Gasteiger partial charge < -0.3 is 9.09 Å². The van der Waals surface area contributed by atoms with Crippen molar-refractivity contribution in [1.29, 1.82) is 0 Å². The Morgan fingerprint density at radius 2 is 2.17 bits per heavy atom. The first-order chi connectivity index (χ1) is 11.2. The molecule has 0 saturated heterocycles. The second kappa shape index (κ2) is 5.73. The van der Waals surface area contributed by atoms with Gasteiger partial charge in [0, 0.05) is 30.0 Å². The molecule has 0 saturated carbocycles. The number of benzene rings is 1. The Kier molecular flexibility index (Phi) is 3.57. The Bertz CT molecular complexity index is 839. The van der Waals surface area contributed by atoms with Crippen LogP contribution in [0.1, 0.15) is 30.1 Å². The third kappa shape index (κ3) is 2.61. The van der Waals surface area contributed by atoms with Gasteiger partial charge in [0.1, 0.15) is 11.6 Å². The van der Waals surface area contributed by atoms with E-state index in [1.54, 1.807) is 12.1 Å². The molecule has 0 bridgehead atoms. The first-order valence-corrected chi connectivity index (χ1v) is 7.78. The van der Waals surface area contributed by atoms with Gasteiger partial charge in [-0.05, 0) is 25.0 Å². The zero-order valence-electron chi connectivity index (χ0n) is 12.2. The highest BCUT2D eigenvalue weighted by Crippen LogP contribution is 2.24. The average Bonchev–Trinajstić information content (AvgIpc) is 3.17. The maximum absolute atomic E-state index is 13.8. The van der Waals surface area contributed by atoms with Gasteiger partial charge in [-0.2, -0.15) is 4.98 Å². The fourth-order valence-electron chi connectivity index (χ4n) is 2.74. The minimum absolute atomic E-state index is 0.163. The van der Waals surface area contributed by atoms with E-state index in [1.165, 1.54) is 6.07 Å². The summed E-state index contributed by atoms with van der Waals surface area (Å²) in [4.78, 5) is 4.31. The number of halogens is 2. The molecule has 0 fully saturated rings. The van der Waals surface area contributed by atoms with Gasteiger partial charge in [0.15, 0.2) is 5.82 Å². The quantitative estimate of drug-likeness (QED) is 0.736. The summed E-state index contributed by atoms with van der Waals surface area (Å²) in [5.41, 5.74) is 0.352. The lowest BCUT2D eigenvalue weighted by atomic mass is 10.1. The van der Waals surface area contributed by atoms with Crippen molar-refractivity contribution in [2.75, 3.05) is 0 Å². The Labute approximate surface area is 136 Å². The zero-order valence-corrected chi connectivity index (χ0v) is 12.9. The second-order valence-electron chi connectivity index (χ2n) is 5.44. The molecular formula is C15H13ClFN5O. The molecule has 3 heterocycles. The summed E-state index contributed by atoms with van der Waals surface area (Å²) in [6, 6.07) is 4.55. The second-order valence-corrected chi connectivity index (χ2v) is 5.85. The molecule has 0 spiro atoms. The SMILES string of the molecule is Fc1cccc(Cl)c1Cc1noc(-c2nnc3n2CCCC3)n1. The van der Waals surface area contributed by atoms with E-state index < -0.39 is 0 Å². The fraction of sp³-hybridized carbons (Fsp3) is 0.333. The number of nitrogens with zero attached hydrogens (tertiary/aromatic N) is 5. The first-order valence-electron chi connectivity index (χ1n) is 7.40. The normalized spacial score (nSPS) is 14.0. The predicted octanol–water partition coefficient (Wildman–Crippen LogP) is 3.05. The molecule has 1 aliphatic heterocycles. The van der Waals surface area contributed by atoms with Crippen LogP contribution in [0.15, 0.2) is 22.7 Å². The molecule has 0 atom stereocenters. The van der Waals surface area contributed by atoms with Crippen LogP contribution in [0.25, 0.3) is 11.7 Å². The molecule has 0 amide bonds. The number of aryl methyl sites for hydroxylation is 1. The van der Waals surface area contributed by atoms with Crippen LogP contribution in [0, 0.1) is 5.82 Å². The van der Waals surface area contributed by atoms with Crippen molar-refractivity contribution in [2.24, 2.45) is 0 Å². The lowest BCUT2D eigenvalue weighted by Gasteiger charge is -2.12. The summed E-state index contributed by atoms with van der Waals surface area (Å²) in [6.45, 7) is 0.842. The highest BCUT2D eigenvalue weighted by Gasteiger charge is 2.22. The third-order valence-corrected chi connectivity index (χ3v) is 4.27. The highest BCUT2D eigenvalue weighted by atomic mass is 35.5. The van der Waals surface area contributed by atoms with Crippen LogP contribution in [0.4, 0.5) is 4.39 Å². The predicted molar refractivity (Wildman–Crippen MR) is 80.5 cm³/mol. The van der Waals surface area contributed by atoms with E-state index in [2.05, 4.69) is 20.3 Å². The van der Waals surface area contributed by atoms with Crippen molar-refractivity contribution in [1.82, 2.24) is 24.9 Å². The van der Waals surface area contributed by atoms with Crippen molar-refractivity contribution in [3.63, 3.8) is 0 Å². The molecule has 8 heteroatoms. The van der Waals surface area contributed by atoms with E-state index in [9.17, 15) is 4.39 Å². The van der Waals surface area contributed by atoms with Crippen LogP contribution in [0.2, 0.25) is 5.02 Å². The molecule has 1 aliphatic rings. The van der Waals surface area contributed by atoms with Gasteiger partial charge in [-0.1, -0.05) is 22.8 Å². The van der Waals surface area contributed by atoms with Gasteiger partial charge in [-0.25, -0.2) is 4.39 Å². The van der Waals surface area contributed by atoms with Gasteiger partial charge in [-0.15, -0.1) is 10.2 Å². The Morgan fingerprint density at radius 1 is 1.26 bits per heavy atom. The van der Waals surface area contributed by atoms with Crippen molar-refractivity contribution in [3.8, 4) is 11.7 Å². The van der Waals surface area contributed by atoms with Gasteiger partial charge in [0.25, 0.3) is 5.89 Å². The number of hydrogen-bond acceptors (Lipinski definition) is 5. The smallest absolute Gasteiger partial charge is 0.295 e. The van der Waals surface area contributed by atoms with Crippen molar-refractivity contribution >= 4 is 11.6 Å². The molecular weight excluding hydrogens is 321 g/mol. The monoisotopic (exact) mass is 333 g/mol. The Balaban J connectivity index is 1.64. The van der Waals surface area contributed by atoms with Crippen molar-refractivity contribution < 1.29 is 8.91 Å². The molecule has 118 valence electrons.